The van der Waals surface area contributed by atoms with Crippen molar-refractivity contribution < 1.29 is 9.90 Å². The second-order valence-electron chi connectivity index (χ2n) is 3.88. The van der Waals surface area contributed by atoms with Gasteiger partial charge in [-0.25, -0.2) is 4.79 Å². The fourth-order valence-corrected chi connectivity index (χ4v) is 1.52. The SMILES string of the molecule is Cc1nn(CCN(C)C)c(C)c1C(=O)O. The maximum atomic E-state index is 10.9. The molecule has 0 aliphatic heterocycles. The molecular weight excluding hydrogens is 194 g/mol. The summed E-state index contributed by atoms with van der Waals surface area (Å²) in [5.74, 6) is -0.902. The van der Waals surface area contributed by atoms with E-state index in [0.29, 0.717) is 17.8 Å². The molecule has 5 heteroatoms. The molecule has 0 aliphatic rings. The predicted octanol–water partition coefficient (Wildman–Crippen LogP) is 0.760. The number of aromatic carboxylic acids is 1. The Labute approximate surface area is 89.3 Å². The number of hydrogen-bond acceptors (Lipinski definition) is 3. The monoisotopic (exact) mass is 211 g/mol. The van der Waals surface area contributed by atoms with E-state index < -0.39 is 5.97 Å². The van der Waals surface area contributed by atoms with Gasteiger partial charge < -0.3 is 10.0 Å². The van der Waals surface area contributed by atoms with Gasteiger partial charge in [0.25, 0.3) is 0 Å². The van der Waals surface area contributed by atoms with E-state index in [2.05, 4.69) is 5.10 Å². The molecule has 0 unspecified atom stereocenters. The number of carboxylic acid groups (broad SMARTS) is 1. The second kappa shape index (κ2) is 4.44. The van der Waals surface area contributed by atoms with E-state index in [0.717, 1.165) is 12.2 Å². The van der Waals surface area contributed by atoms with E-state index >= 15 is 0 Å². The molecule has 0 atom stereocenters. The van der Waals surface area contributed by atoms with Gasteiger partial charge in [-0.2, -0.15) is 5.10 Å². The van der Waals surface area contributed by atoms with Crippen LogP contribution in [0.3, 0.4) is 0 Å². The fourth-order valence-electron chi connectivity index (χ4n) is 1.52. The van der Waals surface area contributed by atoms with E-state index in [1.54, 1.807) is 18.5 Å². The van der Waals surface area contributed by atoms with E-state index in [4.69, 9.17) is 5.11 Å². The largest absolute Gasteiger partial charge is 0.478 e. The molecule has 84 valence electrons. The molecule has 0 radical (unpaired) electrons. The van der Waals surface area contributed by atoms with Gasteiger partial charge in [0.2, 0.25) is 0 Å². The number of carbonyl (C=O) groups is 1. The number of hydrogen-bond donors (Lipinski definition) is 1. The predicted molar refractivity (Wildman–Crippen MR) is 57.2 cm³/mol. The van der Waals surface area contributed by atoms with Crippen LogP contribution in [0.4, 0.5) is 0 Å². The topological polar surface area (TPSA) is 58.4 Å². The molecule has 0 aromatic carbocycles. The first-order valence-corrected chi connectivity index (χ1v) is 4.85. The molecule has 0 saturated carbocycles. The van der Waals surface area contributed by atoms with Gasteiger partial charge in [-0.15, -0.1) is 0 Å². The van der Waals surface area contributed by atoms with Gasteiger partial charge in [-0.1, -0.05) is 0 Å². The van der Waals surface area contributed by atoms with Gasteiger partial charge in [0.1, 0.15) is 5.56 Å². The lowest BCUT2D eigenvalue weighted by molar-refractivity contribution is 0.0695. The van der Waals surface area contributed by atoms with Crippen molar-refractivity contribution in [2.75, 3.05) is 20.6 Å². The molecule has 1 rings (SSSR count). The van der Waals surface area contributed by atoms with E-state index in [1.165, 1.54) is 0 Å². The highest BCUT2D eigenvalue weighted by Gasteiger charge is 2.17. The Morgan fingerprint density at radius 1 is 1.47 bits per heavy atom. The van der Waals surface area contributed by atoms with E-state index in [9.17, 15) is 4.79 Å². The summed E-state index contributed by atoms with van der Waals surface area (Å²) in [5, 5.41) is 13.2. The highest BCUT2D eigenvalue weighted by atomic mass is 16.4. The van der Waals surface area contributed by atoms with Gasteiger partial charge in [-0.05, 0) is 27.9 Å². The summed E-state index contributed by atoms with van der Waals surface area (Å²) in [6.07, 6.45) is 0. The van der Waals surface area contributed by atoms with Gasteiger partial charge in [0.15, 0.2) is 0 Å². The molecule has 5 nitrogen and oxygen atoms in total. The zero-order chi connectivity index (χ0) is 11.6. The average molecular weight is 211 g/mol. The summed E-state index contributed by atoms with van der Waals surface area (Å²) in [7, 11) is 3.95. The Balaban J connectivity index is 2.91. The average Bonchev–Trinajstić information content (AvgIpc) is 2.37. The van der Waals surface area contributed by atoms with Crippen molar-refractivity contribution in [3.8, 4) is 0 Å². The third-order valence-electron chi connectivity index (χ3n) is 2.35. The minimum atomic E-state index is -0.902. The summed E-state index contributed by atoms with van der Waals surface area (Å²) in [6, 6.07) is 0. The Bertz CT molecular complexity index is 369. The molecule has 0 fully saturated rings. The highest BCUT2D eigenvalue weighted by Crippen LogP contribution is 2.12. The van der Waals surface area contributed by atoms with Crippen LogP contribution < -0.4 is 0 Å². The molecule has 0 amide bonds. The lowest BCUT2D eigenvalue weighted by Gasteiger charge is -2.10. The fraction of sp³-hybridized carbons (Fsp3) is 0.600. The number of nitrogens with zero attached hydrogens (tertiary/aromatic N) is 3. The molecule has 0 bridgehead atoms. The van der Waals surface area contributed by atoms with Crippen LogP contribution in [0.15, 0.2) is 0 Å². The Morgan fingerprint density at radius 2 is 2.07 bits per heavy atom. The zero-order valence-electron chi connectivity index (χ0n) is 9.61. The zero-order valence-corrected chi connectivity index (χ0v) is 9.61. The Morgan fingerprint density at radius 3 is 2.47 bits per heavy atom. The van der Waals surface area contributed by atoms with Crippen LogP contribution in [-0.4, -0.2) is 46.4 Å². The summed E-state index contributed by atoms with van der Waals surface area (Å²) in [6.45, 7) is 5.08. The molecule has 0 aliphatic carbocycles. The van der Waals surface area contributed by atoms with Crippen molar-refractivity contribution in [2.45, 2.75) is 20.4 Å². The molecule has 15 heavy (non-hydrogen) atoms. The number of likely N-dealkylation sites (N-methyl/N-ethyl adjacent to an activating group) is 1. The first kappa shape index (κ1) is 11.7. The summed E-state index contributed by atoms with van der Waals surface area (Å²) < 4.78 is 1.75. The molecule has 0 saturated heterocycles. The van der Waals surface area contributed by atoms with Crippen LogP contribution in [0.2, 0.25) is 0 Å². The molecule has 1 aromatic rings. The summed E-state index contributed by atoms with van der Waals surface area (Å²) in [4.78, 5) is 13.0. The van der Waals surface area contributed by atoms with Crippen molar-refractivity contribution in [1.29, 1.82) is 0 Å². The molecule has 1 heterocycles. The first-order valence-electron chi connectivity index (χ1n) is 4.85. The van der Waals surface area contributed by atoms with Gasteiger partial charge in [0, 0.05) is 6.54 Å². The van der Waals surface area contributed by atoms with Crippen molar-refractivity contribution in [2.24, 2.45) is 0 Å². The highest BCUT2D eigenvalue weighted by molar-refractivity contribution is 5.90. The van der Waals surface area contributed by atoms with E-state index in [-0.39, 0.29) is 0 Å². The summed E-state index contributed by atoms with van der Waals surface area (Å²) >= 11 is 0. The molecular formula is C10H17N3O2. The minimum absolute atomic E-state index is 0.328. The van der Waals surface area contributed by atoms with Gasteiger partial charge in [0.05, 0.1) is 17.9 Å². The van der Waals surface area contributed by atoms with Crippen LogP contribution in [0.5, 0.6) is 0 Å². The molecule has 1 aromatic heterocycles. The quantitative estimate of drug-likeness (QED) is 0.798. The van der Waals surface area contributed by atoms with Crippen molar-refractivity contribution in [3.63, 3.8) is 0 Å². The third-order valence-corrected chi connectivity index (χ3v) is 2.35. The minimum Gasteiger partial charge on any atom is -0.478 e. The van der Waals surface area contributed by atoms with Crippen LogP contribution in [-0.2, 0) is 6.54 Å². The lowest BCUT2D eigenvalue weighted by Crippen LogP contribution is -2.19. The Kier molecular flexibility index (Phi) is 3.47. The van der Waals surface area contributed by atoms with Crippen LogP contribution in [0.1, 0.15) is 21.7 Å². The first-order chi connectivity index (χ1) is 6.93. The third kappa shape index (κ3) is 2.56. The lowest BCUT2D eigenvalue weighted by atomic mass is 10.2. The number of carboxylic acids is 1. The smallest absolute Gasteiger partial charge is 0.339 e. The standard InChI is InChI=1S/C10H17N3O2/c1-7-9(10(14)15)8(2)13(11-7)6-5-12(3)4/h5-6H2,1-4H3,(H,14,15). The normalized spacial score (nSPS) is 11.0. The number of aromatic nitrogens is 2. The molecule has 1 N–H and O–H groups in total. The van der Waals surface area contributed by atoms with Crippen molar-refractivity contribution in [3.05, 3.63) is 17.0 Å². The Hall–Kier alpha value is -1.36. The second-order valence-corrected chi connectivity index (χ2v) is 3.88. The van der Waals surface area contributed by atoms with Crippen LogP contribution >= 0.6 is 0 Å². The van der Waals surface area contributed by atoms with Crippen molar-refractivity contribution >= 4 is 5.97 Å². The maximum Gasteiger partial charge on any atom is 0.339 e. The van der Waals surface area contributed by atoms with Gasteiger partial charge in [-0.3, -0.25) is 4.68 Å². The van der Waals surface area contributed by atoms with E-state index in [1.807, 2.05) is 19.0 Å². The van der Waals surface area contributed by atoms with Crippen molar-refractivity contribution in [1.82, 2.24) is 14.7 Å². The number of aryl methyl sites for hydroxylation is 1. The summed E-state index contributed by atoms with van der Waals surface area (Å²) in [5.41, 5.74) is 1.63. The maximum absolute atomic E-state index is 10.9. The van der Waals surface area contributed by atoms with Crippen LogP contribution in [0.25, 0.3) is 0 Å². The molecule has 0 spiro atoms. The van der Waals surface area contributed by atoms with Gasteiger partial charge >= 0.3 is 5.97 Å². The number of rotatable bonds is 4. The van der Waals surface area contributed by atoms with Crippen LogP contribution in [0, 0.1) is 13.8 Å².